The summed E-state index contributed by atoms with van der Waals surface area (Å²) in [6, 6.07) is 6.71. The molecule has 0 aromatic heterocycles. The maximum absolute atomic E-state index is 11.8. The van der Waals surface area contributed by atoms with Crippen LogP contribution in [0.25, 0.3) is 0 Å². The van der Waals surface area contributed by atoms with Crippen LogP contribution in [-0.2, 0) is 11.2 Å². The Morgan fingerprint density at radius 2 is 2.22 bits per heavy atom. The summed E-state index contributed by atoms with van der Waals surface area (Å²) < 4.78 is 0. The van der Waals surface area contributed by atoms with Crippen LogP contribution in [0.1, 0.15) is 25.8 Å². The zero-order chi connectivity index (χ0) is 13.3. The van der Waals surface area contributed by atoms with Gasteiger partial charge in [0.05, 0.1) is 12.5 Å². The summed E-state index contributed by atoms with van der Waals surface area (Å²) in [5, 5.41) is 21.8. The Morgan fingerprint density at radius 3 is 2.78 bits per heavy atom. The van der Waals surface area contributed by atoms with Gasteiger partial charge in [0, 0.05) is 11.5 Å². The highest BCUT2D eigenvalue weighted by Gasteiger charge is 2.47. The van der Waals surface area contributed by atoms with Crippen molar-refractivity contribution < 1.29 is 15.0 Å². The molecule has 1 amide bonds. The van der Waals surface area contributed by atoms with Gasteiger partial charge in [0.1, 0.15) is 5.75 Å². The molecule has 1 aliphatic rings. The Hall–Kier alpha value is -1.55. The second-order valence-corrected chi connectivity index (χ2v) is 5.54. The van der Waals surface area contributed by atoms with Gasteiger partial charge in [-0.05, 0) is 24.1 Å². The molecule has 1 aromatic rings. The van der Waals surface area contributed by atoms with Gasteiger partial charge in [0.15, 0.2) is 0 Å². The number of carbonyl (C=O) groups excluding carboxylic acids is 1. The van der Waals surface area contributed by atoms with Crippen LogP contribution >= 0.6 is 0 Å². The van der Waals surface area contributed by atoms with Gasteiger partial charge in [-0.1, -0.05) is 26.0 Å². The van der Waals surface area contributed by atoms with Crippen LogP contribution in [0.5, 0.6) is 5.75 Å². The minimum absolute atomic E-state index is 0.0253. The number of rotatable bonds is 3. The quantitative estimate of drug-likeness (QED) is 0.754. The Kier molecular flexibility index (Phi) is 3.30. The van der Waals surface area contributed by atoms with Crippen molar-refractivity contribution in [3.05, 3.63) is 29.8 Å². The molecule has 98 valence electrons. The first-order valence-corrected chi connectivity index (χ1v) is 6.15. The highest BCUT2D eigenvalue weighted by molar-refractivity contribution is 5.79. The summed E-state index contributed by atoms with van der Waals surface area (Å²) in [5.74, 6) is 0.0882. The van der Waals surface area contributed by atoms with Gasteiger partial charge in [-0.15, -0.1) is 0 Å². The SMILES string of the molecule is CC1(C)C(O)CC1NC(=O)Cc1cccc(O)c1. The summed E-state index contributed by atoms with van der Waals surface area (Å²) in [6.45, 7) is 3.89. The van der Waals surface area contributed by atoms with E-state index in [1.165, 1.54) is 0 Å². The fourth-order valence-electron chi connectivity index (χ4n) is 2.24. The number of hydrogen-bond acceptors (Lipinski definition) is 3. The van der Waals surface area contributed by atoms with Gasteiger partial charge < -0.3 is 15.5 Å². The standard InChI is InChI=1S/C14H19NO3/c1-14(2)11(8-12(14)17)15-13(18)7-9-4-3-5-10(16)6-9/h3-6,11-12,16-17H,7-8H2,1-2H3,(H,15,18). The van der Waals surface area contributed by atoms with Gasteiger partial charge in [0.2, 0.25) is 5.91 Å². The van der Waals surface area contributed by atoms with Crippen LogP contribution in [0.15, 0.2) is 24.3 Å². The molecular formula is C14H19NO3. The number of aliphatic hydroxyl groups excluding tert-OH is 1. The van der Waals surface area contributed by atoms with E-state index in [2.05, 4.69) is 5.32 Å². The fourth-order valence-corrected chi connectivity index (χ4v) is 2.24. The van der Waals surface area contributed by atoms with E-state index in [0.29, 0.717) is 6.42 Å². The lowest BCUT2D eigenvalue weighted by molar-refractivity contribution is -0.128. The van der Waals surface area contributed by atoms with E-state index >= 15 is 0 Å². The predicted octanol–water partition coefficient (Wildman–Crippen LogP) is 1.21. The van der Waals surface area contributed by atoms with E-state index in [-0.39, 0.29) is 35.6 Å². The van der Waals surface area contributed by atoms with Crippen molar-refractivity contribution in [2.45, 2.75) is 38.8 Å². The molecule has 0 saturated heterocycles. The molecule has 0 spiro atoms. The molecule has 4 nitrogen and oxygen atoms in total. The van der Waals surface area contributed by atoms with Gasteiger partial charge >= 0.3 is 0 Å². The fraction of sp³-hybridized carbons (Fsp3) is 0.500. The monoisotopic (exact) mass is 249 g/mol. The van der Waals surface area contributed by atoms with Crippen LogP contribution in [0, 0.1) is 5.41 Å². The molecule has 2 unspecified atom stereocenters. The van der Waals surface area contributed by atoms with Gasteiger partial charge in [-0.25, -0.2) is 0 Å². The largest absolute Gasteiger partial charge is 0.508 e. The van der Waals surface area contributed by atoms with Crippen molar-refractivity contribution in [1.29, 1.82) is 0 Å². The average Bonchev–Trinajstić information content (AvgIpc) is 2.28. The highest BCUT2D eigenvalue weighted by Crippen LogP contribution is 2.40. The molecule has 0 aliphatic heterocycles. The molecular weight excluding hydrogens is 230 g/mol. The molecule has 0 radical (unpaired) electrons. The number of carbonyl (C=O) groups is 1. The van der Waals surface area contributed by atoms with Crippen LogP contribution < -0.4 is 5.32 Å². The third-order valence-corrected chi connectivity index (χ3v) is 3.83. The van der Waals surface area contributed by atoms with Crippen molar-refractivity contribution in [2.75, 3.05) is 0 Å². The van der Waals surface area contributed by atoms with Gasteiger partial charge in [-0.3, -0.25) is 4.79 Å². The Balaban J connectivity index is 1.90. The maximum atomic E-state index is 11.8. The Morgan fingerprint density at radius 1 is 1.50 bits per heavy atom. The van der Waals surface area contributed by atoms with E-state index < -0.39 is 0 Å². The van der Waals surface area contributed by atoms with Crippen LogP contribution in [-0.4, -0.2) is 28.3 Å². The van der Waals surface area contributed by atoms with Crippen molar-refractivity contribution in [1.82, 2.24) is 5.32 Å². The highest BCUT2D eigenvalue weighted by atomic mass is 16.3. The van der Waals surface area contributed by atoms with Crippen molar-refractivity contribution in [3.63, 3.8) is 0 Å². The number of aliphatic hydroxyl groups is 1. The van der Waals surface area contributed by atoms with Crippen molar-refractivity contribution in [3.8, 4) is 5.75 Å². The number of aromatic hydroxyl groups is 1. The number of phenols is 1. The topological polar surface area (TPSA) is 69.6 Å². The molecule has 4 heteroatoms. The average molecular weight is 249 g/mol. The lowest BCUT2D eigenvalue weighted by atomic mass is 9.64. The van der Waals surface area contributed by atoms with E-state index in [1.807, 2.05) is 13.8 Å². The number of benzene rings is 1. The minimum Gasteiger partial charge on any atom is -0.508 e. The van der Waals surface area contributed by atoms with Crippen LogP contribution in [0.4, 0.5) is 0 Å². The summed E-state index contributed by atoms with van der Waals surface area (Å²) in [6.07, 6.45) is 0.513. The lowest BCUT2D eigenvalue weighted by Crippen LogP contribution is -2.61. The summed E-state index contributed by atoms with van der Waals surface area (Å²) in [7, 11) is 0. The van der Waals surface area contributed by atoms with Gasteiger partial charge in [0.25, 0.3) is 0 Å². The summed E-state index contributed by atoms with van der Waals surface area (Å²) >= 11 is 0. The third-order valence-electron chi connectivity index (χ3n) is 3.83. The molecule has 1 aromatic carbocycles. The molecule has 2 atom stereocenters. The molecule has 1 fully saturated rings. The normalized spacial score (nSPS) is 25.3. The van der Waals surface area contributed by atoms with E-state index in [4.69, 9.17) is 0 Å². The molecule has 2 rings (SSSR count). The molecule has 0 heterocycles. The zero-order valence-electron chi connectivity index (χ0n) is 10.7. The van der Waals surface area contributed by atoms with Crippen LogP contribution in [0.3, 0.4) is 0 Å². The number of amides is 1. The van der Waals surface area contributed by atoms with E-state index in [0.717, 1.165) is 5.56 Å². The Labute approximate surface area is 107 Å². The minimum atomic E-state index is -0.344. The zero-order valence-corrected chi connectivity index (χ0v) is 10.7. The molecule has 1 aliphatic carbocycles. The number of phenolic OH excluding ortho intramolecular Hbond substituents is 1. The van der Waals surface area contributed by atoms with E-state index in [1.54, 1.807) is 24.3 Å². The first-order valence-electron chi connectivity index (χ1n) is 6.15. The smallest absolute Gasteiger partial charge is 0.224 e. The Bertz CT molecular complexity index is 456. The first-order chi connectivity index (χ1) is 8.39. The van der Waals surface area contributed by atoms with Gasteiger partial charge in [-0.2, -0.15) is 0 Å². The molecule has 1 saturated carbocycles. The lowest BCUT2D eigenvalue weighted by Gasteiger charge is -2.49. The maximum Gasteiger partial charge on any atom is 0.224 e. The van der Waals surface area contributed by atoms with Crippen molar-refractivity contribution >= 4 is 5.91 Å². The molecule has 0 bridgehead atoms. The predicted molar refractivity (Wildman–Crippen MR) is 68.1 cm³/mol. The molecule has 18 heavy (non-hydrogen) atoms. The number of hydrogen-bond donors (Lipinski definition) is 3. The second-order valence-electron chi connectivity index (χ2n) is 5.54. The number of nitrogens with one attached hydrogen (secondary N) is 1. The summed E-state index contributed by atoms with van der Waals surface area (Å²) in [4.78, 5) is 11.8. The summed E-state index contributed by atoms with van der Waals surface area (Å²) in [5.41, 5.74) is 0.527. The third kappa shape index (κ3) is 2.48. The molecule has 3 N–H and O–H groups in total. The second kappa shape index (κ2) is 4.61. The first kappa shape index (κ1) is 12.9. The van der Waals surface area contributed by atoms with E-state index in [9.17, 15) is 15.0 Å². The van der Waals surface area contributed by atoms with Crippen LogP contribution in [0.2, 0.25) is 0 Å². The van der Waals surface area contributed by atoms with Crippen molar-refractivity contribution in [2.24, 2.45) is 5.41 Å².